The molecule has 2 N–H and O–H groups in total. The van der Waals surface area contributed by atoms with Crippen molar-refractivity contribution in [2.45, 2.75) is 91.3 Å². The Morgan fingerprint density at radius 1 is 0.922 bits per heavy atom. The minimum absolute atomic E-state index is 0. The molecule has 0 radical (unpaired) electrons. The molecule has 1 saturated carbocycles. The van der Waals surface area contributed by atoms with Crippen molar-refractivity contribution in [1.29, 1.82) is 0 Å². The highest BCUT2D eigenvalue weighted by Crippen LogP contribution is 2.58. The number of aromatic nitrogens is 4. The molecule has 3 fully saturated rings. The predicted octanol–water partition coefficient (Wildman–Crippen LogP) is 8.11. The molecule has 7 rings (SSSR count). The first-order valence-corrected chi connectivity index (χ1v) is 17.4. The van der Waals surface area contributed by atoms with Gasteiger partial charge in [0.15, 0.2) is 0 Å². The molecule has 2 aromatic heterocycles. The number of likely N-dealkylation sites (tertiary alicyclic amines) is 2. The largest absolute Gasteiger partial charge is 0.444 e. The van der Waals surface area contributed by atoms with Gasteiger partial charge in [0.1, 0.15) is 17.2 Å². The van der Waals surface area contributed by atoms with Crippen LogP contribution in [0, 0.1) is 29.1 Å². The highest BCUT2D eigenvalue weighted by molar-refractivity contribution is 7.59. The number of H-pyrrole nitrogens is 2. The minimum Gasteiger partial charge on any atom is -0.444 e. The van der Waals surface area contributed by atoms with Gasteiger partial charge in [0.05, 0.1) is 35.0 Å². The fourth-order valence-electron chi connectivity index (χ4n) is 7.00. The van der Waals surface area contributed by atoms with Gasteiger partial charge in [-0.1, -0.05) is 44.7 Å². The second-order valence-corrected chi connectivity index (χ2v) is 15.4. The predicted molar refractivity (Wildman–Crippen MR) is 217 cm³/mol. The number of hydrogen-bond acceptors (Lipinski definition) is 5. The number of nitrogens with one attached hydrogen (secondary N) is 2. The summed E-state index contributed by atoms with van der Waals surface area (Å²) in [6.45, 7) is 13.4. The Bertz CT molecular complexity index is 1920. The van der Waals surface area contributed by atoms with Crippen molar-refractivity contribution in [2.24, 2.45) is 17.3 Å². The van der Waals surface area contributed by atoms with E-state index in [-0.39, 0.29) is 75.9 Å². The zero-order valence-corrected chi connectivity index (χ0v) is 33.4. The number of fused-ring (bicyclic) bond motifs is 1. The lowest BCUT2D eigenvalue weighted by atomic mass is 9.96. The Balaban J connectivity index is 0.00000194. The molecule has 2 aromatic carbocycles. The van der Waals surface area contributed by atoms with Crippen LogP contribution in [0.3, 0.4) is 0 Å². The van der Waals surface area contributed by atoms with Crippen LogP contribution in [0.25, 0.3) is 22.3 Å². The molecule has 4 heterocycles. The maximum atomic E-state index is 13.4. The first kappa shape index (κ1) is 40.2. The highest BCUT2D eigenvalue weighted by Gasteiger charge is 2.54. The average molecular weight is 749 g/mol. The van der Waals surface area contributed by atoms with Crippen molar-refractivity contribution < 1.29 is 14.3 Å². The third kappa shape index (κ3) is 8.58. The maximum Gasteiger partial charge on any atom is 0.410 e. The Kier molecular flexibility index (Phi) is 12.3. The van der Waals surface area contributed by atoms with Gasteiger partial charge >= 0.3 is 6.09 Å². The van der Waals surface area contributed by atoms with Gasteiger partial charge in [-0.3, -0.25) is 9.69 Å². The number of benzene rings is 2. The number of carbonyl (C=O) groups excluding carboxylic acids is 2. The topological polar surface area (TPSA) is 107 Å². The molecule has 0 bridgehead atoms. The lowest BCUT2D eigenvalue weighted by molar-refractivity contribution is -0.137. The lowest BCUT2D eigenvalue weighted by Crippen LogP contribution is -2.37. The third-order valence-electron chi connectivity index (χ3n) is 10.3. The van der Waals surface area contributed by atoms with Crippen molar-refractivity contribution >= 4 is 63.5 Å². The van der Waals surface area contributed by atoms with Crippen LogP contribution >= 0.6 is 40.5 Å². The van der Waals surface area contributed by atoms with Crippen LogP contribution in [0.15, 0.2) is 48.7 Å². The van der Waals surface area contributed by atoms with E-state index in [1.807, 2.05) is 76.4 Å². The molecule has 3 atom stereocenters. The van der Waals surface area contributed by atoms with Crippen LogP contribution in [0.2, 0.25) is 0 Å². The molecular formula is C39H52N6O3S3. The summed E-state index contributed by atoms with van der Waals surface area (Å²) in [5.41, 5.74) is 5.28. The minimum atomic E-state index is -0.538. The number of carbonyl (C=O) groups is 2. The number of rotatable bonds is 5. The van der Waals surface area contributed by atoms with E-state index in [4.69, 9.17) is 9.72 Å². The fraction of sp³-hybridized carbons (Fsp3) is 0.487. The molecule has 2 saturated heterocycles. The summed E-state index contributed by atoms with van der Waals surface area (Å²) < 4.78 is 5.62. The van der Waals surface area contributed by atoms with Gasteiger partial charge in [0.25, 0.3) is 0 Å². The number of nitrogens with zero attached hydrogens (tertiary/aromatic N) is 4. The second kappa shape index (κ2) is 15.6. The molecule has 0 unspecified atom stereocenters. The van der Waals surface area contributed by atoms with Crippen molar-refractivity contribution in [2.75, 3.05) is 13.1 Å². The van der Waals surface area contributed by atoms with Gasteiger partial charge < -0.3 is 19.6 Å². The fourth-order valence-corrected chi connectivity index (χ4v) is 7.00. The van der Waals surface area contributed by atoms with E-state index in [9.17, 15) is 9.59 Å². The van der Waals surface area contributed by atoms with Crippen molar-refractivity contribution in [3.63, 3.8) is 0 Å². The van der Waals surface area contributed by atoms with Gasteiger partial charge in [-0.05, 0) is 100 Å². The van der Waals surface area contributed by atoms with Crippen LogP contribution in [-0.2, 0) is 9.53 Å². The van der Waals surface area contributed by atoms with Crippen molar-refractivity contribution in [3.05, 3.63) is 71.4 Å². The molecule has 51 heavy (non-hydrogen) atoms. The molecule has 1 spiro atoms. The number of aromatic amines is 2. The van der Waals surface area contributed by atoms with Crippen LogP contribution in [0.5, 0.6) is 0 Å². The van der Waals surface area contributed by atoms with Gasteiger partial charge in [0, 0.05) is 30.1 Å². The first-order valence-electron chi connectivity index (χ1n) is 17.4. The number of hydrogen-bond donors (Lipinski definition) is 2. The van der Waals surface area contributed by atoms with Crippen molar-refractivity contribution in [1.82, 2.24) is 29.7 Å². The zero-order valence-electron chi connectivity index (χ0n) is 30.4. The van der Waals surface area contributed by atoms with E-state index in [1.165, 1.54) is 12.8 Å². The van der Waals surface area contributed by atoms with Gasteiger partial charge in [-0.25, -0.2) is 14.8 Å². The molecule has 2 aliphatic heterocycles. The van der Waals surface area contributed by atoms with Gasteiger partial charge in [-0.2, -0.15) is 40.5 Å². The maximum absolute atomic E-state index is 13.4. The third-order valence-corrected chi connectivity index (χ3v) is 10.3. The lowest BCUT2D eigenvalue weighted by Gasteiger charge is -2.28. The van der Waals surface area contributed by atoms with Crippen LogP contribution in [0.1, 0.15) is 109 Å². The van der Waals surface area contributed by atoms with E-state index in [0.717, 1.165) is 70.9 Å². The molecule has 2 amide bonds. The molecule has 9 nitrogen and oxygen atoms in total. The summed E-state index contributed by atoms with van der Waals surface area (Å²) in [6.07, 6.45) is 6.67. The van der Waals surface area contributed by atoms with E-state index in [0.29, 0.717) is 12.5 Å². The van der Waals surface area contributed by atoms with E-state index in [1.54, 1.807) is 4.90 Å². The van der Waals surface area contributed by atoms with Gasteiger partial charge in [-0.15, -0.1) is 0 Å². The summed E-state index contributed by atoms with van der Waals surface area (Å²) >= 11 is 0. The average Bonchev–Trinajstić information content (AvgIpc) is 3.54. The molecule has 1 aliphatic carbocycles. The summed E-state index contributed by atoms with van der Waals surface area (Å²) in [7, 11) is 0. The Morgan fingerprint density at radius 3 is 2.27 bits per heavy atom. The van der Waals surface area contributed by atoms with Crippen LogP contribution in [0.4, 0.5) is 4.79 Å². The Hall–Kier alpha value is -3.53. The molecule has 4 aromatic rings. The summed E-state index contributed by atoms with van der Waals surface area (Å²) in [4.78, 5) is 46.6. The zero-order chi connectivity index (χ0) is 33.8. The summed E-state index contributed by atoms with van der Waals surface area (Å²) in [5, 5.41) is 0. The van der Waals surface area contributed by atoms with Gasteiger partial charge in [0.2, 0.25) is 5.91 Å². The standard InChI is InChI=1S/C39H46N6O3.3H2S/c1-24(2)25(3)36(46)45-23-39(17-18-39)21-33(45)35-41-29-16-13-27(20-30(29)42-35)10-9-26-11-14-28(15-12-26)31-22-40-34(43-31)32-8-7-19-44(32)37(47)48-38(4,5)6;;;/h11-16,20,22,24-25,32-33H,7-8,17-19,21,23H2,1-6H3,(H,40,43)(H,41,42);3*1H2/t25-,32-,33-;;;/m0.../s1. The molecule has 3 aliphatic rings. The number of ether oxygens (including phenoxy) is 1. The Morgan fingerprint density at radius 2 is 1.61 bits per heavy atom. The normalized spacial score (nSPS) is 19.5. The molecule has 12 heteroatoms. The summed E-state index contributed by atoms with van der Waals surface area (Å²) in [5.74, 6) is 8.80. The number of amides is 2. The second-order valence-electron chi connectivity index (χ2n) is 15.4. The van der Waals surface area contributed by atoms with E-state index >= 15 is 0 Å². The highest BCUT2D eigenvalue weighted by atomic mass is 32.1. The molecular weight excluding hydrogens is 697 g/mol. The number of imidazole rings is 2. The SMILES string of the molecule is CC(C)[C@H](C)C(=O)N1CC2(CC2)C[C@H]1c1nc2ccc(C#Cc3ccc(-c4cnc([C@@H]5CCCN5C(=O)OC(C)(C)C)[nH]4)cc3)cc2[nH]1.S.S.S. The van der Waals surface area contributed by atoms with Crippen LogP contribution in [-0.4, -0.2) is 60.4 Å². The van der Waals surface area contributed by atoms with E-state index in [2.05, 4.69) is 45.5 Å². The first-order chi connectivity index (χ1) is 22.9. The Labute approximate surface area is 322 Å². The monoisotopic (exact) mass is 748 g/mol. The molecule has 274 valence electrons. The summed E-state index contributed by atoms with van der Waals surface area (Å²) in [6, 6.07) is 14.0. The quantitative estimate of drug-likeness (QED) is 0.201. The van der Waals surface area contributed by atoms with Crippen molar-refractivity contribution in [3.8, 4) is 23.1 Å². The van der Waals surface area contributed by atoms with E-state index < -0.39 is 5.60 Å². The van der Waals surface area contributed by atoms with Crippen LogP contribution < -0.4 is 0 Å². The smallest absolute Gasteiger partial charge is 0.410 e.